The van der Waals surface area contributed by atoms with Gasteiger partial charge in [0.1, 0.15) is 6.04 Å². The molecule has 1 aromatic carbocycles. The molecular weight excluding hydrogens is 294 g/mol. The highest BCUT2D eigenvalue weighted by atomic mass is 16.4. The summed E-state index contributed by atoms with van der Waals surface area (Å²) in [6, 6.07) is 7.77. The van der Waals surface area contributed by atoms with Crippen molar-refractivity contribution in [1.29, 1.82) is 0 Å². The molecule has 0 radical (unpaired) electrons. The maximum atomic E-state index is 12.2. The van der Waals surface area contributed by atoms with E-state index in [0.717, 1.165) is 19.5 Å². The molecule has 0 unspecified atom stereocenters. The zero-order valence-electron chi connectivity index (χ0n) is 13.4. The molecule has 0 aliphatic carbocycles. The number of amides is 1. The predicted molar refractivity (Wildman–Crippen MR) is 86.0 cm³/mol. The number of carbonyl (C=O) groups is 2. The number of nitrogens with zero attached hydrogens (tertiary/aromatic N) is 2. The van der Waals surface area contributed by atoms with Gasteiger partial charge in [-0.3, -0.25) is 19.4 Å². The van der Waals surface area contributed by atoms with Gasteiger partial charge in [-0.1, -0.05) is 24.3 Å². The van der Waals surface area contributed by atoms with Crippen LogP contribution in [-0.2, 0) is 22.6 Å². The molecule has 1 saturated heterocycles. The molecule has 1 aromatic rings. The number of carboxylic acids is 1. The molecule has 0 spiro atoms. The molecule has 2 atom stereocenters. The van der Waals surface area contributed by atoms with Gasteiger partial charge in [0.25, 0.3) is 0 Å². The minimum Gasteiger partial charge on any atom is -0.480 e. The summed E-state index contributed by atoms with van der Waals surface area (Å²) in [4.78, 5) is 27.3. The molecule has 23 heavy (non-hydrogen) atoms. The van der Waals surface area contributed by atoms with Crippen molar-refractivity contribution in [3.8, 4) is 0 Å². The SMILES string of the molecule is CN1C[C@@H](NC(=O)CN2CCc3ccccc3C2)C[C@H]1C(=O)O. The van der Waals surface area contributed by atoms with Crippen LogP contribution in [0.5, 0.6) is 0 Å². The van der Waals surface area contributed by atoms with Crippen molar-refractivity contribution in [3.63, 3.8) is 0 Å². The Kier molecular flexibility index (Phi) is 4.63. The lowest BCUT2D eigenvalue weighted by atomic mass is 10.00. The summed E-state index contributed by atoms with van der Waals surface area (Å²) in [5, 5.41) is 12.1. The fourth-order valence-corrected chi connectivity index (χ4v) is 3.56. The lowest BCUT2D eigenvalue weighted by Gasteiger charge is -2.28. The van der Waals surface area contributed by atoms with Crippen LogP contribution in [0.1, 0.15) is 17.5 Å². The number of likely N-dealkylation sites (tertiary alicyclic amines) is 1. The highest BCUT2D eigenvalue weighted by Crippen LogP contribution is 2.19. The number of likely N-dealkylation sites (N-methyl/N-ethyl adjacent to an activating group) is 1. The van der Waals surface area contributed by atoms with E-state index in [4.69, 9.17) is 5.11 Å². The molecule has 0 saturated carbocycles. The van der Waals surface area contributed by atoms with E-state index in [1.165, 1.54) is 11.1 Å². The number of benzene rings is 1. The molecule has 0 aromatic heterocycles. The summed E-state index contributed by atoms with van der Waals surface area (Å²) in [5.74, 6) is -0.842. The van der Waals surface area contributed by atoms with Crippen LogP contribution in [0.3, 0.4) is 0 Å². The van der Waals surface area contributed by atoms with Crippen molar-refractivity contribution < 1.29 is 14.7 Å². The highest BCUT2D eigenvalue weighted by Gasteiger charge is 2.35. The van der Waals surface area contributed by atoms with Crippen LogP contribution in [0.2, 0.25) is 0 Å². The fourth-order valence-electron chi connectivity index (χ4n) is 3.56. The van der Waals surface area contributed by atoms with Crippen molar-refractivity contribution in [2.75, 3.05) is 26.7 Å². The second kappa shape index (κ2) is 6.68. The molecule has 2 aliphatic rings. The molecule has 2 aliphatic heterocycles. The Morgan fingerprint density at radius 3 is 2.74 bits per heavy atom. The fraction of sp³-hybridized carbons (Fsp3) is 0.529. The van der Waals surface area contributed by atoms with Crippen molar-refractivity contribution in [2.45, 2.75) is 31.5 Å². The van der Waals surface area contributed by atoms with Crippen LogP contribution in [0.15, 0.2) is 24.3 Å². The molecule has 6 nitrogen and oxygen atoms in total. The van der Waals surface area contributed by atoms with Crippen LogP contribution < -0.4 is 5.32 Å². The number of fused-ring (bicyclic) bond motifs is 1. The summed E-state index contributed by atoms with van der Waals surface area (Å²) >= 11 is 0. The second-order valence-corrected chi connectivity index (χ2v) is 6.52. The minimum atomic E-state index is -0.822. The maximum Gasteiger partial charge on any atom is 0.320 e. The molecule has 124 valence electrons. The number of hydrogen-bond acceptors (Lipinski definition) is 4. The van der Waals surface area contributed by atoms with Crippen molar-refractivity contribution in [3.05, 3.63) is 35.4 Å². The molecular formula is C17H23N3O3. The van der Waals surface area contributed by atoms with Crippen molar-refractivity contribution in [2.24, 2.45) is 0 Å². The molecule has 2 heterocycles. The van der Waals surface area contributed by atoms with Crippen LogP contribution in [0.25, 0.3) is 0 Å². The van der Waals surface area contributed by atoms with Gasteiger partial charge >= 0.3 is 5.97 Å². The third-order valence-electron chi connectivity index (χ3n) is 4.78. The van der Waals surface area contributed by atoms with Crippen molar-refractivity contribution in [1.82, 2.24) is 15.1 Å². The average molecular weight is 317 g/mol. The number of aliphatic carboxylic acids is 1. The van der Waals surface area contributed by atoms with Gasteiger partial charge in [0.05, 0.1) is 6.54 Å². The standard InChI is InChI=1S/C17H23N3O3/c1-19-10-14(8-15(19)17(22)23)18-16(21)11-20-7-6-12-4-2-3-5-13(12)9-20/h2-5,14-15H,6-11H2,1H3,(H,18,21)(H,22,23)/t14-,15-/m0/s1. The van der Waals surface area contributed by atoms with Gasteiger partial charge in [-0.25, -0.2) is 0 Å². The van der Waals surface area contributed by atoms with Gasteiger partial charge in [0.15, 0.2) is 0 Å². The van der Waals surface area contributed by atoms with E-state index in [9.17, 15) is 9.59 Å². The molecule has 2 N–H and O–H groups in total. The van der Waals surface area contributed by atoms with E-state index in [-0.39, 0.29) is 11.9 Å². The summed E-state index contributed by atoms with van der Waals surface area (Å²) < 4.78 is 0. The zero-order chi connectivity index (χ0) is 16.4. The average Bonchev–Trinajstić information content (AvgIpc) is 2.87. The monoisotopic (exact) mass is 317 g/mol. The first-order valence-corrected chi connectivity index (χ1v) is 8.04. The molecule has 0 bridgehead atoms. The normalized spacial score (nSPS) is 25.1. The van der Waals surface area contributed by atoms with Gasteiger partial charge in [0, 0.05) is 25.7 Å². The first-order chi connectivity index (χ1) is 11.0. The first-order valence-electron chi connectivity index (χ1n) is 8.04. The Labute approximate surface area is 136 Å². The second-order valence-electron chi connectivity index (χ2n) is 6.52. The number of nitrogens with one attached hydrogen (secondary N) is 1. The highest BCUT2D eigenvalue weighted by molar-refractivity contribution is 5.79. The topological polar surface area (TPSA) is 72.9 Å². The minimum absolute atomic E-state index is 0.0196. The largest absolute Gasteiger partial charge is 0.480 e. The Balaban J connectivity index is 1.50. The molecule has 3 rings (SSSR count). The van der Waals surface area contributed by atoms with E-state index in [1.54, 1.807) is 11.9 Å². The molecule has 1 amide bonds. The Morgan fingerprint density at radius 1 is 1.30 bits per heavy atom. The van der Waals surface area contributed by atoms with Crippen LogP contribution in [-0.4, -0.2) is 65.5 Å². The maximum absolute atomic E-state index is 12.2. The Morgan fingerprint density at radius 2 is 2.04 bits per heavy atom. The van der Waals surface area contributed by atoms with Gasteiger partial charge in [-0.05, 0) is 31.0 Å². The van der Waals surface area contributed by atoms with E-state index in [2.05, 4.69) is 28.4 Å². The Hall–Kier alpha value is -1.92. The zero-order valence-corrected chi connectivity index (χ0v) is 13.4. The van der Waals surface area contributed by atoms with Gasteiger partial charge < -0.3 is 10.4 Å². The van der Waals surface area contributed by atoms with Crippen molar-refractivity contribution >= 4 is 11.9 Å². The van der Waals surface area contributed by atoms with Crippen LogP contribution in [0.4, 0.5) is 0 Å². The smallest absolute Gasteiger partial charge is 0.320 e. The quantitative estimate of drug-likeness (QED) is 0.837. The van der Waals surface area contributed by atoms with Gasteiger partial charge in [-0.2, -0.15) is 0 Å². The van der Waals surface area contributed by atoms with Crippen LogP contribution >= 0.6 is 0 Å². The lowest BCUT2D eigenvalue weighted by molar-refractivity contribution is -0.141. The van der Waals surface area contributed by atoms with Gasteiger partial charge in [-0.15, -0.1) is 0 Å². The van der Waals surface area contributed by atoms with E-state index < -0.39 is 12.0 Å². The van der Waals surface area contributed by atoms with Crippen LogP contribution in [0, 0.1) is 0 Å². The summed E-state index contributed by atoms with van der Waals surface area (Å²) in [6.45, 7) is 2.64. The summed E-state index contributed by atoms with van der Waals surface area (Å²) in [5.41, 5.74) is 2.66. The first kappa shape index (κ1) is 16.0. The van der Waals surface area contributed by atoms with Gasteiger partial charge in [0.2, 0.25) is 5.91 Å². The predicted octanol–water partition coefficient (Wildman–Crippen LogP) is 0.318. The molecule has 1 fully saturated rings. The van der Waals surface area contributed by atoms with E-state index in [1.807, 2.05) is 6.07 Å². The summed E-state index contributed by atoms with van der Waals surface area (Å²) in [7, 11) is 1.78. The summed E-state index contributed by atoms with van der Waals surface area (Å²) in [6.07, 6.45) is 1.44. The van der Waals surface area contributed by atoms with E-state index >= 15 is 0 Å². The molecule has 6 heteroatoms. The third kappa shape index (κ3) is 3.71. The Bertz CT molecular complexity index is 605. The number of carbonyl (C=O) groups excluding carboxylic acids is 1. The number of rotatable bonds is 4. The third-order valence-corrected chi connectivity index (χ3v) is 4.78. The lowest BCUT2D eigenvalue weighted by Crippen LogP contribution is -2.44. The number of hydrogen-bond donors (Lipinski definition) is 2. The number of carboxylic acid groups (broad SMARTS) is 1. The van der Waals surface area contributed by atoms with E-state index in [0.29, 0.717) is 19.5 Å².